The van der Waals surface area contributed by atoms with Crippen molar-refractivity contribution in [3.8, 4) is 11.5 Å². The predicted octanol–water partition coefficient (Wildman–Crippen LogP) is 6.85. The molecule has 3 aromatic rings. The van der Waals surface area contributed by atoms with Crippen LogP contribution in [0.2, 0.25) is 0 Å². The number of amides is 1. The average molecular weight is 487 g/mol. The van der Waals surface area contributed by atoms with E-state index < -0.39 is 0 Å². The molecule has 0 spiro atoms. The Labute approximate surface area is 211 Å². The number of ether oxygens (including phenoxy) is 2. The molecule has 1 heterocycles. The number of aliphatic imine (C=N–C) groups is 1. The van der Waals surface area contributed by atoms with Crippen LogP contribution in [0.25, 0.3) is 6.08 Å². The van der Waals surface area contributed by atoms with E-state index in [1.807, 2.05) is 86.7 Å². The van der Waals surface area contributed by atoms with Gasteiger partial charge in [0.2, 0.25) is 0 Å². The van der Waals surface area contributed by atoms with Crippen LogP contribution in [0.3, 0.4) is 0 Å². The number of hydrogen-bond acceptors (Lipinski definition) is 5. The molecule has 1 aliphatic rings. The Kier molecular flexibility index (Phi) is 8.27. The van der Waals surface area contributed by atoms with Gasteiger partial charge in [0.05, 0.1) is 17.2 Å². The smallest absolute Gasteiger partial charge is 0.266 e. The zero-order valence-corrected chi connectivity index (χ0v) is 21.2. The fourth-order valence-corrected chi connectivity index (χ4v) is 4.84. The SMILES string of the molecule is CCOc1cc(/C=C2/SC(=Nc3ccccc3CC)N(CC)C2=O)ccc1OCc1ccccc1. The maximum absolute atomic E-state index is 13.1. The lowest BCUT2D eigenvalue weighted by Gasteiger charge is -2.13. The van der Waals surface area contributed by atoms with Crippen molar-refractivity contribution in [3.63, 3.8) is 0 Å². The van der Waals surface area contributed by atoms with Crippen LogP contribution >= 0.6 is 11.8 Å². The third kappa shape index (κ3) is 5.95. The van der Waals surface area contributed by atoms with Crippen LogP contribution in [-0.2, 0) is 17.8 Å². The van der Waals surface area contributed by atoms with Crippen molar-refractivity contribution in [2.75, 3.05) is 13.2 Å². The van der Waals surface area contributed by atoms with Crippen molar-refractivity contribution >= 4 is 34.6 Å². The standard InChI is InChI=1S/C29H30N2O3S/c1-4-23-14-10-11-15-24(23)30-29-31(5-2)28(32)27(35-29)19-22-16-17-25(26(18-22)33-6-3)34-20-21-12-8-7-9-13-21/h7-19H,4-6,20H2,1-3H3/b27-19+,30-29?. The first kappa shape index (κ1) is 24.6. The van der Waals surface area contributed by atoms with Crippen molar-refractivity contribution in [3.05, 3.63) is 94.4 Å². The van der Waals surface area contributed by atoms with Gasteiger partial charge in [-0.15, -0.1) is 0 Å². The largest absolute Gasteiger partial charge is 0.490 e. The van der Waals surface area contributed by atoms with Crippen molar-refractivity contribution < 1.29 is 14.3 Å². The summed E-state index contributed by atoms with van der Waals surface area (Å²) in [7, 11) is 0. The summed E-state index contributed by atoms with van der Waals surface area (Å²) in [6.45, 7) is 7.56. The molecular weight excluding hydrogens is 456 g/mol. The van der Waals surface area contributed by atoms with Crippen LogP contribution in [0, 0.1) is 0 Å². The lowest BCUT2D eigenvalue weighted by Crippen LogP contribution is -2.28. The van der Waals surface area contributed by atoms with E-state index in [4.69, 9.17) is 14.5 Å². The Bertz CT molecular complexity index is 1240. The number of rotatable bonds is 9. The number of benzene rings is 3. The van der Waals surface area contributed by atoms with Crippen LogP contribution in [-0.4, -0.2) is 29.1 Å². The molecule has 180 valence electrons. The topological polar surface area (TPSA) is 51.1 Å². The van der Waals surface area contributed by atoms with Crippen LogP contribution in [0.1, 0.15) is 37.5 Å². The van der Waals surface area contributed by atoms with Gasteiger partial charge in [-0.05, 0) is 73.0 Å². The van der Waals surface area contributed by atoms with Gasteiger partial charge in [0.15, 0.2) is 16.7 Å². The van der Waals surface area contributed by atoms with Crippen molar-refractivity contribution in [2.45, 2.75) is 33.8 Å². The first-order valence-electron chi connectivity index (χ1n) is 11.9. The fourth-order valence-electron chi connectivity index (χ4n) is 3.78. The summed E-state index contributed by atoms with van der Waals surface area (Å²) in [4.78, 5) is 20.3. The number of thioether (sulfide) groups is 1. The molecule has 3 aromatic carbocycles. The quantitative estimate of drug-likeness (QED) is 0.310. The van der Waals surface area contributed by atoms with Crippen LogP contribution in [0.15, 0.2) is 82.7 Å². The molecule has 0 aliphatic carbocycles. The summed E-state index contributed by atoms with van der Waals surface area (Å²) in [5.74, 6) is 1.30. The lowest BCUT2D eigenvalue weighted by molar-refractivity contribution is -0.122. The van der Waals surface area contributed by atoms with Gasteiger partial charge < -0.3 is 9.47 Å². The Hall–Kier alpha value is -3.51. The molecule has 35 heavy (non-hydrogen) atoms. The minimum atomic E-state index is -0.0346. The number of aryl methyl sites for hydroxylation is 1. The molecule has 1 fully saturated rings. The third-order valence-corrected chi connectivity index (χ3v) is 6.60. The molecule has 0 N–H and O–H groups in total. The summed E-state index contributed by atoms with van der Waals surface area (Å²) in [5.41, 5.74) is 4.03. The highest BCUT2D eigenvalue weighted by Gasteiger charge is 2.32. The number of para-hydroxylation sites is 1. The van der Waals surface area contributed by atoms with E-state index in [0.717, 1.165) is 28.8 Å². The number of likely N-dealkylation sites (N-methyl/N-ethyl adjacent to an activating group) is 1. The number of nitrogens with zero attached hydrogens (tertiary/aromatic N) is 2. The third-order valence-electron chi connectivity index (χ3n) is 5.60. The number of hydrogen-bond donors (Lipinski definition) is 0. The Morgan fingerprint density at radius 1 is 0.914 bits per heavy atom. The lowest BCUT2D eigenvalue weighted by atomic mass is 10.1. The van der Waals surface area contributed by atoms with Gasteiger partial charge in [-0.25, -0.2) is 4.99 Å². The predicted molar refractivity (Wildman–Crippen MR) is 144 cm³/mol. The van der Waals surface area contributed by atoms with E-state index in [0.29, 0.717) is 41.3 Å². The zero-order valence-electron chi connectivity index (χ0n) is 20.4. The highest BCUT2D eigenvalue weighted by atomic mass is 32.2. The molecule has 0 unspecified atom stereocenters. The summed E-state index contributed by atoms with van der Waals surface area (Å²) in [5, 5.41) is 0.706. The molecular formula is C29H30N2O3S. The fraction of sp³-hybridized carbons (Fsp3) is 0.241. The summed E-state index contributed by atoms with van der Waals surface area (Å²) >= 11 is 1.41. The Morgan fingerprint density at radius 3 is 2.43 bits per heavy atom. The molecule has 6 heteroatoms. The van der Waals surface area contributed by atoms with Gasteiger partial charge in [-0.3, -0.25) is 9.69 Å². The van der Waals surface area contributed by atoms with E-state index in [2.05, 4.69) is 13.0 Å². The molecule has 4 rings (SSSR count). The molecule has 0 atom stereocenters. The van der Waals surface area contributed by atoms with Crippen LogP contribution in [0.5, 0.6) is 11.5 Å². The second kappa shape index (κ2) is 11.8. The maximum atomic E-state index is 13.1. The molecule has 1 aliphatic heterocycles. The van der Waals surface area contributed by atoms with Crippen molar-refractivity contribution in [1.29, 1.82) is 0 Å². The van der Waals surface area contributed by atoms with Gasteiger partial charge >= 0.3 is 0 Å². The first-order valence-corrected chi connectivity index (χ1v) is 12.8. The van der Waals surface area contributed by atoms with Gasteiger partial charge in [-0.2, -0.15) is 0 Å². The summed E-state index contributed by atoms with van der Waals surface area (Å²) < 4.78 is 11.9. The maximum Gasteiger partial charge on any atom is 0.266 e. The van der Waals surface area contributed by atoms with E-state index in [1.54, 1.807) is 4.90 Å². The van der Waals surface area contributed by atoms with E-state index in [9.17, 15) is 4.79 Å². The molecule has 0 bridgehead atoms. The highest BCUT2D eigenvalue weighted by Crippen LogP contribution is 2.36. The number of amidine groups is 1. The minimum Gasteiger partial charge on any atom is -0.490 e. The van der Waals surface area contributed by atoms with E-state index >= 15 is 0 Å². The van der Waals surface area contributed by atoms with Crippen molar-refractivity contribution in [1.82, 2.24) is 4.90 Å². The van der Waals surface area contributed by atoms with Crippen LogP contribution < -0.4 is 9.47 Å². The zero-order chi connectivity index (χ0) is 24.6. The highest BCUT2D eigenvalue weighted by molar-refractivity contribution is 8.18. The van der Waals surface area contributed by atoms with Gasteiger partial charge in [0, 0.05) is 6.54 Å². The summed E-state index contributed by atoms with van der Waals surface area (Å²) in [6.07, 6.45) is 2.78. The second-order valence-corrected chi connectivity index (χ2v) is 8.96. The van der Waals surface area contributed by atoms with E-state index in [1.165, 1.54) is 11.8 Å². The molecule has 1 saturated heterocycles. The average Bonchev–Trinajstić information content (AvgIpc) is 3.18. The summed E-state index contributed by atoms with van der Waals surface area (Å²) in [6, 6.07) is 23.8. The Balaban J connectivity index is 1.58. The molecule has 5 nitrogen and oxygen atoms in total. The molecule has 0 aromatic heterocycles. The normalized spacial score (nSPS) is 15.7. The first-order chi connectivity index (χ1) is 17.1. The van der Waals surface area contributed by atoms with Gasteiger partial charge in [0.1, 0.15) is 6.61 Å². The van der Waals surface area contributed by atoms with Gasteiger partial charge in [-0.1, -0.05) is 61.5 Å². The molecule has 0 saturated carbocycles. The molecule has 0 radical (unpaired) electrons. The number of carbonyl (C=O) groups excluding carboxylic acids is 1. The second-order valence-electron chi connectivity index (χ2n) is 7.95. The Morgan fingerprint density at radius 2 is 1.69 bits per heavy atom. The monoisotopic (exact) mass is 486 g/mol. The van der Waals surface area contributed by atoms with E-state index in [-0.39, 0.29) is 5.91 Å². The van der Waals surface area contributed by atoms with Gasteiger partial charge in [0.25, 0.3) is 5.91 Å². The van der Waals surface area contributed by atoms with Crippen molar-refractivity contribution in [2.24, 2.45) is 4.99 Å². The minimum absolute atomic E-state index is 0.0346. The van der Waals surface area contributed by atoms with Crippen LogP contribution in [0.4, 0.5) is 5.69 Å². The molecule has 1 amide bonds. The number of carbonyl (C=O) groups is 1.